The van der Waals surface area contributed by atoms with Crippen molar-refractivity contribution in [2.45, 2.75) is 27.4 Å². The van der Waals surface area contributed by atoms with Crippen LogP contribution in [0.25, 0.3) is 0 Å². The molecule has 0 atom stereocenters. The topological polar surface area (TPSA) is 126 Å². The molecule has 0 unspecified atom stereocenters. The van der Waals surface area contributed by atoms with Gasteiger partial charge in [0.2, 0.25) is 5.91 Å². The molecule has 0 saturated carbocycles. The molecule has 2 N–H and O–H groups in total. The molecule has 2 aromatic rings. The maximum absolute atomic E-state index is 12.2. The molecule has 0 bridgehead atoms. The van der Waals surface area contributed by atoms with Crippen molar-refractivity contribution in [1.82, 2.24) is 0 Å². The van der Waals surface area contributed by atoms with E-state index in [9.17, 15) is 19.7 Å². The van der Waals surface area contributed by atoms with Crippen LogP contribution in [0.3, 0.4) is 0 Å². The van der Waals surface area contributed by atoms with Gasteiger partial charge in [0.1, 0.15) is 23.7 Å². The maximum Gasteiger partial charge on any atom is 0.342 e. The Morgan fingerprint density at radius 2 is 1.92 bits per heavy atom. The Hall–Kier alpha value is -3.16. The summed E-state index contributed by atoms with van der Waals surface area (Å²) >= 11 is 0. The van der Waals surface area contributed by atoms with Crippen LogP contribution in [0.4, 0.5) is 5.69 Å². The lowest BCUT2D eigenvalue weighted by molar-refractivity contribution is -0.385. The summed E-state index contributed by atoms with van der Waals surface area (Å²) in [6, 6.07) is 3.74. The number of esters is 1. The molecule has 2 rings (SSSR count). The van der Waals surface area contributed by atoms with Gasteiger partial charge in [-0.2, -0.15) is 0 Å². The molecule has 1 aromatic heterocycles. The van der Waals surface area contributed by atoms with Crippen LogP contribution in [0.15, 0.2) is 22.6 Å². The molecule has 0 saturated heterocycles. The van der Waals surface area contributed by atoms with Crippen LogP contribution in [0, 0.1) is 30.9 Å². The van der Waals surface area contributed by atoms with Crippen LogP contribution in [0.2, 0.25) is 0 Å². The fraction of sp³-hybridized carbons (Fsp3) is 0.250. The number of nitro benzene ring substituents is 1. The molecule has 0 aliphatic rings. The highest BCUT2D eigenvalue weighted by molar-refractivity contribution is 5.94. The number of nitrogens with two attached hydrogens (primary N) is 1. The summed E-state index contributed by atoms with van der Waals surface area (Å²) < 4.78 is 10.5. The van der Waals surface area contributed by atoms with Gasteiger partial charge < -0.3 is 14.9 Å². The molecule has 1 aromatic carbocycles. The second kappa shape index (κ2) is 6.53. The van der Waals surface area contributed by atoms with Crippen molar-refractivity contribution in [3.05, 3.63) is 62.1 Å². The first kappa shape index (κ1) is 17.2. The Morgan fingerprint density at radius 3 is 2.42 bits per heavy atom. The maximum atomic E-state index is 12.2. The fourth-order valence-corrected chi connectivity index (χ4v) is 2.32. The van der Waals surface area contributed by atoms with Crippen molar-refractivity contribution in [3.8, 4) is 0 Å². The molecular weight excluding hydrogens is 316 g/mol. The average Bonchev–Trinajstić information content (AvgIpc) is 2.77. The fourth-order valence-electron chi connectivity index (χ4n) is 2.32. The number of nitro groups is 1. The Labute approximate surface area is 137 Å². The Balaban J connectivity index is 2.24. The van der Waals surface area contributed by atoms with Crippen molar-refractivity contribution < 1.29 is 23.7 Å². The average molecular weight is 332 g/mol. The summed E-state index contributed by atoms with van der Waals surface area (Å²) in [6.07, 6.45) is 0. The molecule has 0 aliphatic heterocycles. The number of rotatable bonds is 5. The number of hydrogen-bond donors (Lipinski definition) is 1. The van der Waals surface area contributed by atoms with Crippen LogP contribution in [-0.2, 0) is 11.3 Å². The molecule has 0 aliphatic carbocycles. The number of aryl methyl sites for hydroxylation is 2. The first-order chi connectivity index (χ1) is 11.2. The van der Waals surface area contributed by atoms with E-state index in [-0.39, 0.29) is 23.4 Å². The van der Waals surface area contributed by atoms with E-state index < -0.39 is 16.8 Å². The SMILES string of the molecule is Cc1oc(C)c(C(=O)OCc2ccc(C(N)=O)cc2[N+](=O)[O-])c1C. The minimum atomic E-state index is -0.776. The highest BCUT2D eigenvalue weighted by atomic mass is 16.6. The van der Waals surface area contributed by atoms with E-state index in [2.05, 4.69) is 0 Å². The van der Waals surface area contributed by atoms with E-state index in [1.807, 2.05) is 0 Å². The van der Waals surface area contributed by atoms with Crippen LogP contribution >= 0.6 is 0 Å². The molecule has 0 spiro atoms. The smallest absolute Gasteiger partial charge is 0.342 e. The van der Waals surface area contributed by atoms with Crippen LogP contribution in [0.5, 0.6) is 0 Å². The van der Waals surface area contributed by atoms with Crippen molar-refractivity contribution in [2.75, 3.05) is 0 Å². The van der Waals surface area contributed by atoms with E-state index in [0.29, 0.717) is 22.6 Å². The molecular formula is C16H16N2O6. The van der Waals surface area contributed by atoms with Gasteiger partial charge in [-0.25, -0.2) is 4.79 Å². The first-order valence-corrected chi connectivity index (χ1v) is 7.03. The van der Waals surface area contributed by atoms with E-state index in [1.165, 1.54) is 12.1 Å². The van der Waals surface area contributed by atoms with Gasteiger partial charge in [-0.3, -0.25) is 14.9 Å². The Bertz CT molecular complexity index is 837. The third-order valence-corrected chi connectivity index (χ3v) is 3.69. The molecule has 8 heteroatoms. The summed E-state index contributed by atoms with van der Waals surface area (Å²) in [5.74, 6) is -0.373. The normalized spacial score (nSPS) is 10.5. The zero-order chi connectivity index (χ0) is 18.0. The van der Waals surface area contributed by atoms with Crippen LogP contribution < -0.4 is 5.73 Å². The van der Waals surface area contributed by atoms with Gasteiger partial charge in [-0.05, 0) is 32.9 Å². The predicted octanol–water partition coefficient (Wildman–Crippen LogP) is 2.57. The molecule has 1 heterocycles. The van der Waals surface area contributed by atoms with E-state index >= 15 is 0 Å². The van der Waals surface area contributed by atoms with E-state index in [4.69, 9.17) is 14.9 Å². The number of carbonyl (C=O) groups is 2. The third kappa shape index (κ3) is 3.27. The highest BCUT2D eigenvalue weighted by Gasteiger charge is 2.22. The first-order valence-electron chi connectivity index (χ1n) is 7.03. The number of benzene rings is 1. The highest BCUT2D eigenvalue weighted by Crippen LogP contribution is 2.24. The van der Waals surface area contributed by atoms with Gasteiger partial charge in [0.05, 0.1) is 10.5 Å². The third-order valence-electron chi connectivity index (χ3n) is 3.69. The number of primary amides is 1. The minimum Gasteiger partial charge on any atom is -0.465 e. The van der Waals surface area contributed by atoms with Crippen molar-refractivity contribution in [1.29, 1.82) is 0 Å². The van der Waals surface area contributed by atoms with Gasteiger partial charge in [0.25, 0.3) is 5.69 Å². The number of hydrogen-bond acceptors (Lipinski definition) is 6. The molecule has 0 radical (unpaired) electrons. The Kier molecular flexibility index (Phi) is 4.68. The largest absolute Gasteiger partial charge is 0.465 e. The summed E-state index contributed by atoms with van der Waals surface area (Å²) in [5, 5.41) is 11.1. The lowest BCUT2D eigenvalue weighted by atomic mass is 10.1. The van der Waals surface area contributed by atoms with Gasteiger partial charge in [0.15, 0.2) is 0 Å². The Morgan fingerprint density at radius 1 is 1.25 bits per heavy atom. The molecule has 0 fully saturated rings. The summed E-state index contributed by atoms with van der Waals surface area (Å²) in [5.41, 5.74) is 5.91. The molecule has 24 heavy (non-hydrogen) atoms. The van der Waals surface area contributed by atoms with E-state index in [0.717, 1.165) is 6.07 Å². The van der Waals surface area contributed by atoms with Gasteiger partial charge in [-0.1, -0.05) is 0 Å². The number of furan rings is 1. The minimum absolute atomic E-state index is 0.00826. The van der Waals surface area contributed by atoms with Crippen molar-refractivity contribution in [2.24, 2.45) is 5.73 Å². The van der Waals surface area contributed by atoms with Crippen LogP contribution in [-0.4, -0.2) is 16.8 Å². The zero-order valence-electron chi connectivity index (χ0n) is 13.4. The van der Waals surface area contributed by atoms with Crippen molar-refractivity contribution in [3.63, 3.8) is 0 Å². The number of carbonyl (C=O) groups excluding carboxylic acids is 2. The van der Waals surface area contributed by atoms with Gasteiger partial charge in [-0.15, -0.1) is 0 Å². The number of nitrogens with zero attached hydrogens (tertiary/aromatic N) is 1. The predicted molar refractivity (Wildman–Crippen MR) is 83.7 cm³/mol. The van der Waals surface area contributed by atoms with Gasteiger partial charge >= 0.3 is 5.97 Å². The zero-order valence-corrected chi connectivity index (χ0v) is 13.4. The summed E-state index contributed by atoms with van der Waals surface area (Å²) in [4.78, 5) is 33.8. The molecule has 126 valence electrons. The van der Waals surface area contributed by atoms with Gasteiger partial charge in [0, 0.05) is 17.2 Å². The van der Waals surface area contributed by atoms with Crippen molar-refractivity contribution >= 4 is 17.6 Å². The lowest BCUT2D eigenvalue weighted by Crippen LogP contribution is -2.12. The molecule has 1 amide bonds. The second-order valence-electron chi connectivity index (χ2n) is 5.26. The lowest BCUT2D eigenvalue weighted by Gasteiger charge is -2.07. The number of ether oxygens (including phenoxy) is 1. The number of amides is 1. The standard InChI is InChI=1S/C16H16N2O6/c1-8-9(2)24-10(3)14(8)16(20)23-7-12-5-4-11(15(17)19)6-13(12)18(21)22/h4-6H,7H2,1-3H3,(H2,17,19). The second-order valence-corrected chi connectivity index (χ2v) is 5.26. The quantitative estimate of drug-likeness (QED) is 0.509. The summed E-state index contributed by atoms with van der Waals surface area (Å²) in [6.45, 7) is 4.79. The summed E-state index contributed by atoms with van der Waals surface area (Å²) in [7, 11) is 0. The monoisotopic (exact) mass is 332 g/mol. The molecule has 8 nitrogen and oxygen atoms in total. The van der Waals surface area contributed by atoms with Crippen LogP contribution in [0.1, 0.15) is 43.4 Å². The van der Waals surface area contributed by atoms with E-state index in [1.54, 1.807) is 20.8 Å².